The molecule has 2 aromatic carbocycles. The van der Waals surface area contributed by atoms with E-state index >= 15 is 0 Å². The summed E-state index contributed by atoms with van der Waals surface area (Å²) in [5.41, 5.74) is 3.19. The summed E-state index contributed by atoms with van der Waals surface area (Å²) in [6.45, 7) is 7.51. The molecule has 6 heteroatoms. The van der Waals surface area contributed by atoms with E-state index in [9.17, 15) is 4.79 Å². The maximum Gasteiger partial charge on any atom is 0.414 e. The number of carbonyl (C=O) groups excluding carboxylic acids is 1. The van der Waals surface area contributed by atoms with Crippen LogP contribution < -0.4 is 5.32 Å². The number of benzene rings is 2. The maximum absolute atomic E-state index is 12.2. The second-order valence-electron chi connectivity index (χ2n) is 6.87. The molecule has 1 aromatic heterocycles. The highest BCUT2D eigenvalue weighted by atomic mass is 79.9. The first kappa shape index (κ1) is 17.5. The number of fused-ring (bicyclic) bond motifs is 1. The number of hydrogen-bond acceptors (Lipinski definition) is 3. The lowest BCUT2D eigenvalue weighted by Gasteiger charge is -2.19. The SMILES string of the molecule is Cc1ccc(-n2c(NC(=O)OC(C)(C)C)nc3cc(Br)ccc32)cc1. The van der Waals surface area contributed by atoms with E-state index in [4.69, 9.17) is 4.74 Å². The fraction of sp³-hybridized carbons (Fsp3) is 0.263. The van der Waals surface area contributed by atoms with E-state index in [0.717, 1.165) is 26.8 Å². The first-order valence-electron chi connectivity index (χ1n) is 7.98. The van der Waals surface area contributed by atoms with Crippen molar-refractivity contribution in [2.45, 2.75) is 33.3 Å². The second kappa shape index (κ2) is 6.52. The van der Waals surface area contributed by atoms with E-state index in [1.54, 1.807) is 0 Å². The van der Waals surface area contributed by atoms with E-state index in [0.29, 0.717) is 5.95 Å². The highest BCUT2D eigenvalue weighted by molar-refractivity contribution is 9.10. The highest BCUT2D eigenvalue weighted by Gasteiger charge is 2.20. The molecule has 5 nitrogen and oxygen atoms in total. The van der Waals surface area contributed by atoms with E-state index in [1.165, 1.54) is 0 Å². The van der Waals surface area contributed by atoms with Gasteiger partial charge in [0.05, 0.1) is 11.0 Å². The van der Waals surface area contributed by atoms with Gasteiger partial charge in [0.1, 0.15) is 5.60 Å². The third-order valence-electron chi connectivity index (χ3n) is 3.52. The summed E-state index contributed by atoms with van der Waals surface area (Å²) in [5, 5.41) is 2.76. The molecule has 0 aliphatic carbocycles. The number of aryl methyl sites for hydroxylation is 1. The zero-order valence-electron chi connectivity index (χ0n) is 14.6. The van der Waals surface area contributed by atoms with Crippen LogP contribution in [-0.2, 0) is 4.74 Å². The van der Waals surface area contributed by atoms with Crippen molar-refractivity contribution in [3.63, 3.8) is 0 Å². The molecule has 0 unspecified atom stereocenters. The smallest absolute Gasteiger partial charge is 0.414 e. The predicted molar refractivity (Wildman–Crippen MR) is 103 cm³/mol. The summed E-state index contributed by atoms with van der Waals surface area (Å²) < 4.78 is 8.19. The van der Waals surface area contributed by atoms with Gasteiger partial charge in [-0.15, -0.1) is 0 Å². The molecule has 0 bridgehead atoms. The topological polar surface area (TPSA) is 56.2 Å². The van der Waals surface area contributed by atoms with Crippen LogP contribution in [0.1, 0.15) is 26.3 Å². The minimum Gasteiger partial charge on any atom is -0.444 e. The lowest BCUT2D eigenvalue weighted by atomic mass is 10.2. The lowest BCUT2D eigenvalue weighted by Crippen LogP contribution is -2.28. The van der Waals surface area contributed by atoms with Gasteiger partial charge in [0.25, 0.3) is 0 Å². The van der Waals surface area contributed by atoms with Crippen LogP contribution in [0.2, 0.25) is 0 Å². The minimum atomic E-state index is -0.576. The highest BCUT2D eigenvalue weighted by Crippen LogP contribution is 2.27. The average Bonchev–Trinajstić information content (AvgIpc) is 2.82. The molecule has 3 rings (SSSR count). The van der Waals surface area contributed by atoms with Crippen molar-refractivity contribution in [1.82, 2.24) is 9.55 Å². The molecule has 25 heavy (non-hydrogen) atoms. The maximum atomic E-state index is 12.2. The Morgan fingerprint density at radius 2 is 1.84 bits per heavy atom. The van der Waals surface area contributed by atoms with Crippen LogP contribution in [0.25, 0.3) is 16.7 Å². The molecule has 130 valence electrons. The molecule has 0 saturated carbocycles. The summed E-state index contributed by atoms with van der Waals surface area (Å²) in [4.78, 5) is 16.8. The van der Waals surface area contributed by atoms with E-state index in [1.807, 2.05) is 74.7 Å². The van der Waals surface area contributed by atoms with Crippen molar-refractivity contribution >= 4 is 39.0 Å². The van der Waals surface area contributed by atoms with E-state index < -0.39 is 11.7 Å². The third-order valence-corrected chi connectivity index (χ3v) is 4.01. The summed E-state index contributed by atoms with van der Waals surface area (Å²) in [6.07, 6.45) is -0.532. The molecular formula is C19H20BrN3O2. The number of nitrogens with zero attached hydrogens (tertiary/aromatic N) is 2. The zero-order valence-corrected chi connectivity index (χ0v) is 16.2. The molecule has 1 N–H and O–H groups in total. The molecule has 3 aromatic rings. The average molecular weight is 402 g/mol. The predicted octanol–water partition coefficient (Wildman–Crippen LogP) is 5.44. The van der Waals surface area contributed by atoms with Gasteiger partial charge in [-0.2, -0.15) is 0 Å². The van der Waals surface area contributed by atoms with Gasteiger partial charge in [-0.1, -0.05) is 33.6 Å². The molecule has 0 atom stereocenters. The van der Waals surface area contributed by atoms with Gasteiger partial charge in [-0.3, -0.25) is 9.88 Å². The van der Waals surface area contributed by atoms with Crippen LogP contribution >= 0.6 is 15.9 Å². The van der Waals surface area contributed by atoms with Gasteiger partial charge in [0, 0.05) is 10.2 Å². The van der Waals surface area contributed by atoms with Crippen molar-refractivity contribution in [3.05, 3.63) is 52.5 Å². The normalized spacial score (nSPS) is 11.6. The van der Waals surface area contributed by atoms with Crippen molar-refractivity contribution < 1.29 is 9.53 Å². The third kappa shape index (κ3) is 4.02. The quantitative estimate of drug-likeness (QED) is 0.621. The van der Waals surface area contributed by atoms with Crippen LogP contribution in [0.3, 0.4) is 0 Å². The fourth-order valence-electron chi connectivity index (χ4n) is 2.49. The molecule has 1 amide bonds. The Bertz CT molecular complexity index is 924. The molecule has 1 heterocycles. The number of imidazole rings is 1. The number of ether oxygens (including phenoxy) is 1. The number of amides is 1. The number of halogens is 1. The first-order chi connectivity index (χ1) is 11.7. The Morgan fingerprint density at radius 3 is 2.48 bits per heavy atom. The van der Waals surface area contributed by atoms with Gasteiger partial charge < -0.3 is 4.74 Å². The molecule has 0 spiro atoms. The van der Waals surface area contributed by atoms with Crippen LogP contribution in [-0.4, -0.2) is 21.2 Å². The Hall–Kier alpha value is -2.34. The Kier molecular flexibility index (Phi) is 4.56. The Labute approximate surface area is 155 Å². The van der Waals surface area contributed by atoms with Gasteiger partial charge in [-0.25, -0.2) is 9.78 Å². The molecular weight excluding hydrogens is 382 g/mol. The number of carbonyl (C=O) groups is 1. The summed E-state index contributed by atoms with van der Waals surface area (Å²) in [5.74, 6) is 0.422. The molecule has 0 aliphatic heterocycles. The largest absolute Gasteiger partial charge is 0.444 e. The number of nitrogens with one attached hydrogen (secondary N) is 1. The van der Waals surface area contributed by atoms with E-state index in [-0.39, 0.29) is 0 Å². The minimum absolute atomic E-state index is 0.422. The second-order valence-corrected chi connectivity index (χ2v) is 7.78. The Morgan fingerprint density at radius 1 is 1.16 bits per heavy atom. The van der Waals surface area contributed by atoms with Crippen molar-refractivity contribution in [2.75, 3.05) is 5.32 Å². The monoisotopic (exact) mass is 401 g/mol. The van der Waals surface area contributed by atoms with Crippen LogP contribution in [0.15, 0.2) is 46.9 Å². The number of anilines is 1. The molecule has 0 radical (unpaired) electrons. The molecule has 0 aliphatic rings. The molecule has 0 saturated heterocycles. The number of aromatic nitrogens is 2. The summed E-state index contributed by atoms with van der Waals surface area (Å²) in [6, 6.07) is 13.9. The van der Waals surface area contributed by atoms with Gasteiger partial charge in [0.2, 0.25) is 5.95 Å². The zero-order chi connectivity index (χ0) is 18.2. The van der Waals surface area contributed by atoms with Crippen molar-refractivity contribution in [2.24, 2.45) is 0 Å². The summed E-state index contributed by atoms with van der Waals surface area (Å²) >= 11 is 3.46. The Balaban J connectivity index is 2.08. The summed E-state index contributed by atoms with van der Waals surface area (Å²) in [7, 11) is 0. The first-order valence-corrected chi connectivity index (χ1v) is 8.77. The van der Waals surface area contributed by atoms with Crippen molar-refractivity contribution in [1.29, 1.82) is 0 Å². The van der Waals surface area contributed by atoms with Gasteiger partial charge in [-0.05, 0) is 58.0 Å². The number of rotatable bonds is 2. The lowest BCUT2D eigenvalue weighted by molar-refractivity contribution is 0.0634. The van der Waals surface area contributed by atoms with Crippen LogP contribution in [0.5, 0.6) is 0 Å². The van der Waals surface area contributed by atoms with Gasteiger partial charge in [0.15, 0.2) is 0 Å². The van der Waals surface area contributed by atoms with Crippen LogP contribution in [0.4, 0.5) is 10.7 Å². The fourth-order valence-corrected chi connectivity index (χ4v) is 2.84. The van der Waals surface area contributed by atoms with Gasteiger partial charge >= 0.3 is 6.09 Å². The van der Waals surface area contributed by atoms with E-state index in [2.05, 4.69) is 26.2 Å². The van der Waals surface area contributed by atoms with Crippen LogP contribution in [0, 0.1) is 6.92 Å². The molecule has 0 fully saturated rings. The standard InChI is InChI=1S/C19H20BrN3O2/c1-12-5-8-14(9-6-12)23-16-10-7-13(20)11-15(16)21-17(23)22-18(24)25-19(2,3)4/h5-11H,1-4H3,(H,21,22,24). The number of hydrogen-bond donors (Lipinski definition) is 1. The van der Waals surface area contributed by atoms with Crippen molar-refractivity contribution in [3.8, 4) is 5.69 Å².